The molecule has 0 aliphatic carbocycles. The fraction of sp³-hybridized carbons (Fsp3) is 0.364. The largest absolute Gasteiger partial charge is 0.475 e. The molecular weight excluding hydrogens is 240 g/mol. The zero-order valence-electron chi connectivity index (χ0n) is 10.1. The zero-order valence-corrected chi connectivity index (χ0v) is 10.1. The third-order valence-corrected chi connectivity index (χ3v) is 2.16. The Kier molecular flexibility index (Phi) is 4.47. The molecule has 0 bridgehead atoms. The average molecular weight is 254 g/mol. The number of carbonyl (C=O) groups excluding carboxylic acids is 2. The van der Waals surface area contributed by atoms with Crippen LogP contribution in [0.3, 0.4) is 0 Å². The maximum Gasteiger partial charge on any atom is 0.371 e. The second-order valence-corrected chi connectivity index (χ2v) is 3.76. The SMILES string of the molecule is CN(C)C(=O)CCNC(=O)c1ccc(C(=O)O)o1. The number of carboxylic acids is 1. The van der Waals surface area contributed by atoms with Crippen LogP contribution in [-0.4, -0.2) is 48.4 Å². The van der Waals surface area contributed by atoms with Gasteiger partial charge in [-0.2, -0.15) is 0 Å². The van der Waals surface area contributed by atoms with Crippen molar-refractivity contribution in [1.82, 2.24) is 10.2 Å². The quantitative estimate of drug-likeness (QED) is 0.781. The van der Waals surface area contributed by atoms with Gasteiger partial charge in [-0.3, -0.25) is 9.59 Å². The molecule has 7 nitrogen and oxygen atoms in total. The molecule has 1 aromatic heterocycles. The lowest BCUT2D eigenvalue weighted by Gasteiger charge is -2.09. The van der Waals surface area contributed by atoms with Crippen LogP contribution < -0.4 is 5.32 Å². The standard InChI is InChI=1S/C11H14N2O5/c1-13(2)9(14)5-6-12-10(15)7-3-4-8(18-7)11(16)17/h3-4H,5-6H2,1-2H3,(H,12,15)(H,16,17). The number of nitrogens with one attached hydrogen (secondary N) is 1. The van der Waals surface area contributed by atoms with E-state index in [-0.39, 0.29) is 30.4 Å². The van der Waals surface area contributed by atoms with Crippen LogP contribution in [0.25, 0.3) is 0 Å². The van der Waals surface area contributed by atoms with Gasteiger partial charge in [-0.15, -0.1) is 0 Å². The molecule has 1 aromatic rings. The van der Waals surface area contributed by atoms with Crippen molar-refractivity contribution in [3.05, 3.63) is 23.7 Å². The fourth-order valence-electron chi connectivity index (χ4n) is 1.17. The van der Waals surface area contributed by atoms with Gasteiger partial charge in [-0.1, -0.05) is 0 Å². The van der Waals surface area contributed by atoms with Crippen LogP contribution in [-0.2, 0) is 4.79 Å². The summed E-state index contributed by atoms with van der Waals surface area (Å²) in [5, 5.41) is 11.1. The van der Waals surface area contributed by atoms with Gasteiger partial charge in [0.25, 0.3) is 5.91 Å². The molecule has 98 valence electrons. The molecule has 0 radical (unpaired) electrons. The molecule has 7 heteroatoms. The third kappa shape index (κ3) is 3.62. The van der Waals surface area contributed by atoms with Gasteiger partial charge >= 0.3 is 5.97 Å². The molecule has 1 rings (SSSR count). The number of carboxylic acid groups (broad SMARTS) is 1. The number of rotatable bonds is 5. The molecule has 0 atom stereocenters. The van der Waals surface area contributed by atoms with Gasteiger partial charge in [-0.05, 0) is 12.1 Å². The number of carbonyl (C=O) groups is 3. The van der Waals surface area contributed by atoms with E-state index in [1.807, 2.05) is 0 Å². The number of hydrogen-bond acceptors (Lipinski definition) is 4. The lowest BCUT2D eigenvalue weighted by Crippen LogP contribution is -2.29. The van der Waals surface area contributed by atoms with Crippen molar-refractivity contribution in [3.63, 3.8) is 0 Å². The van der Waals surface area contributed by atoms with Crippen LogP contribution in [0.5, 0.6) is 0 Å². The molecule has 0 unspecified atom stereocenters. The molecule has 0 aliphatic rings. The van der Waals surface area contributed by atoms with E-state index in [1.54, 1.807) is 14.1 Å². The Bertz CT molecular complexity index is 464. The van der Waals surface area contributed by atoms with Crippen LogP contribution in [0.4, 0.5) is 0 Å². The van der Waals surface area contributed by atoms with Crippen molar-refractivity contribution in [2.24, 2.45) is 0 Å². The van der Waals surface area contributed by atoms with Crippen LogP contribution in [0.15, 0.2) is 16.5 Å². The first kappa shape index (κ1) is 13.8. The topological polar surface area (TPSA) is 99.9 Å². The Morgan fingerprint density at radius 3 is 2.39 bits per heavy atom. The summed E-state index contributed by atoms with van der Waals surface area (Å²) in [5.41, 5.74) is 0. The molecular formula is C11H14N2O5. The minimum absolute atomic E-state index is 0.0929. The van der Waals surface area contributed by atoms with E-state index in [9.17, 15) is 14.4 Å². The first-order valence-electron chi connectivity index (χ1n) is 5.23. The summed E-state index contributed by atoms with van der Waals surface area (Å²) < 4.78 is 4.80. The number of furan rings is 1. The highest BCUT2D eigenvalue weighted by Crippen LogP contribution is 2.07. The predicted octanol–water partition coefficient (Wildman–Crippen LogP) is 0.186. The maximum atomic E-state index is 11.5. The second-order valence-electron chi connectivity index (χ2n) is 3.76. The molecule has 0 saturated carbocycles. The van der Waals surface area contributed by atoms with Crippen molar-refractivity contribution in [2.75, 3.05) is 20.6 Å². The van der Waals surface area contributed by atoms with Gasteiger partial charge in [0, 0.05) is 27.1 Å². The van der Waals surface area contributed by atoms with Crippen LogP contribution in [0, 0.1) is 0 Å². The molecule has 0 spiro atoms. The summed E-state index contributed by atoms with van der Waals surface area (Å²) in [5.74, 6) is -2.29. The van der Waals surface area contributed by atoms with Crippen molar-refractivity contribution in [1.29, 1.82) is 0 Å². The highest BCUT2D eigenvalue weighted by Gasteiger charge is 2.14. The van der Waals surface area contributed by atoms with Crippen LogP contribution in [0.2, 0.25) is 0 Å². The number of hydrogen-bond donors (Lipinski definition) is 2. The lowest BCUT2D eigenvalue weighted by molar-refractivity contribution is -0.128. The van der Waals surface area contributed by atoms with Gasteiger partial charge in [0.1, 0.15) is 0 Å². The van der Waals surface area contributed by atoms with Gasteiger partial charge in [0.2, 0.25) is 11.7 Å². The monoisotopic (exact) mass is 254 g/mol. The average Bonchev–Trinajstić information content (AvgIpc) is 2.77. The number of nitrogens with zero attached hydrogens (tertiary/aromatic N) is 1. The van der Waals surface area contributed by atoms with E-state index in [2.05, 4.69) is 5.32 Å². The Morgan fingerprint density at radius 1 is 1.28 bits per heavy atom. The molecule has 0 aromatic carbocycles. The molecule has 0 aliphatic heterocycles. The van der Waals surface area contributed by atoms with Gasteiger partial charge < -0.3 is 19.7 Å². The predicted molar refractivity (Wildman–Crippen MR) is 61.3 cm³/mol. The molecule has 1 heterocycles. The summed E-state index contributed by atoms with van der Waals surface area (Å²) in [4.78, 5) is 34.7. The van der Waals surface area contributed by atoms with E-state index >= 15 is 0 Å². The summed E-state index contributed by atoms with van der Waals surface area (Å²) in [7, 11) is 3.24. The molecule has 0 saturated heterocycles. The van der Waals surface area contributed by atoms with E-state index in [4.69, 9.17) is 9.52 Å². The van der Waals surface area contributed by atoms with E-state index in [0.717, 1.165) is 0 Å². The van der Waals surface area contributed by atoms with E-state index in [1.165, 1.54) is 17.0 Å². The number of amides is 2. The lowest BCUT2D eigenvalue weighted by atomic mass is 10.3. The smallest absolute Gasteiger partial charge is 0.371 e. The Hall–Kier alpha value is -2.31. The van der Waals surface area contributed by atoms with Crippen LogP contribution in [0.1, 0.15) is 27.5 Å². The maximum absolute atomic E-state index is 11.5. The molecule has 0 fully saturated rings. The molecule has 2 N–H and O–H groups in total. The molecule has 2 amide bonds. The number of aromatic carboxylic acids is 1. The van der Waals surface area contributed by atoms with E-state index < -0.39 is 11.9 Å². The minimum Gasteiger partial charge on any atom is -0.475 e. The first-order chi connectivity index (χ1) is 8.41. The zero-order chi connectivity index (χ0) is 13.7. The summed E-state index contributed by atoms with van der Waals surface area (Å²) in [6.07, 6.45) is 0.172. The Morgan fingerprint density at radius 2 is 1.89 bits per heavy atom. The summed E-state index contributed by atoms with van der Waals surface area (Å²) in [6.45, 7) is 0.166. The van der Waals surface area contributed by atoms with Gasteiger partial charge in [-0.25, -0.2) is 4.79 Å². The van der Waals surface area contributed by atoms with Crippen molar-refractivity contribution in [2.45, 2.75) is 6.42 Å². The minimum atomic E-state index is -1.24. The van der Waals surface area contributed by atoms with Crippen molar-refractivity contribution in [3.8, 4) is 0 Å². The van der Waals surface area contributed by atoms with Gasteiger partial charge in [0.05, 0.1) is 0 Å². The fourth-order valence-corrected chi connectivity index (χ4v) is 1.17. The summed E-state index contributed by atoms with van der Waals surface area (Å²) >= 11 is 0. The normalized spacial score (nSPS) is 9.89. The highest BCUT2D eigenvalue weighted by molar-refractivity contribution is 5.93. The highest BCUT2D eigenvalue weighted by atomic mass is 16.4. The van der Waals surface area contributed by atoms with Gasteiger partial charge in [0.15, 0.2) is 5.76 Å². The third-order valence-electron chi connectivity index (χ3n) is 2.16. The van der Waals surface area contributed by atoms with E-state index in [0.29, 0.717) is 0 Å². The Balaban J connectivity index is 2.45. The van der Waals surface area contributed by atoms with Crippen molar-refractivity contribution < 1.29 is 23.9 Å². The second kappa shape index (κ2) is 5.85. The van der Waals surface area contributed by atoms with Crippen molar-refractivity contribution >= 4 is 17.8 Å². The molecule has 18 heavy (non-hydrogen) atoms. The first-order valence-corrected chi connectivity index (χ1v) is 5.23. The van der Waals surface area contributed by atoms with Crippen LogP contribution >= 0.6 is 0 Å². The Labute approximate surface area is 103 Å². The summed E-state index contributed by atoms with van der Waals surface area (Å²) in [6, 6.07) is 2.47.